The van der Waals surface area contributed by atoms with Crippen molar-refractivity contribution in [3.63, 3.8) is 0 Å². The maximum atomic E-state index is 14.4. The van der Waals surface area contributed by atoms with Gasteiger partial charge in [-0.15, -0.1) is 0 Å². The zero-order valence-electron chi connectivity index (χ0n) is 24.4. The SMILES string of the molecule is O=C(CCc1cc(-c2cccc(Cl)c2)nc(N2CCN(c3ccccc3F)CC2)n1)[C@@H]1CCCN1S(=O)(=O)c1ccc(F)cc1. The minimum Gasteiger partial charge on any atom is -0.366 e. The van der Waals surface area contributed by atoms with Crippen LogP contribution in [0.1, 0.15) is 25.0 Å². The van der Waals surface area contributed by atoms with Gasteiger partial charge in [-0.3, -0.25) is 4.79 Å². The predicted octanol–water partition coefficient (Wildman–Crippen LogP) is 5.76. The molecule has 1 aromatic heterocycles. The second-order valence-corrected chi connectivity index (χ2v) is 13.5. The summed E-state index contributed by atoms with van der Waals surface area (Å²) in [5.41, 5.74) is 2.66. The third-order valence-corrected chi connectivity index (χ3v) is 10.4. The highest BCUT2D eigenvalue weighted by Gasteiger charge is 2.39. The largest absolute Gasteiger partial charge is 0.366 e. The average Bonchev–Trinajstić information content (AvgIpc) is 3.56. The summed E-state index contributed by atoms with van der Waals surface area (Å²) in [5.74, 6) is -0.481. The van der Waals surface area contributed by atoms with Crippen molar-refractivity contribution >= 4 is 39.0 Å². The van der Waals surface area contributed by atoms with Gasteiger partial charge in [0.15, 0.2) is 5.78 Å². The molecule has 2 aliphatic rings. The van der Waals surface area contributed by atoms with E-state index in [1.165, 1.54) is 22.5 Å². The Morgan fingerprint density at radius 1 is 0.867 bits per heavy atom. The van der Waals surface area contributed by atoms with Gasteiger partial charge in [-0.2, -0.15) is 4.31 Å². The molecule has 0 spiro atoms. The summed E-state index contributed by atoms with van der Waals surface area (Å²) in [7, 11) is -3.95. The number of halogens is 3. The Hall–Kier alpha value is -3.93. The standard InChI is InChI=1S/C33H32ClF2N5O3S/c34-24-6-3-5-23(21-24)29-22-26(37-33(38-29)40-19-17-39(18-20-40)30-8-2-1-7-28(30)36)12-15-32(42)31-9-4-16-41(31)45(43,44)27-13-10-25(35)11-14-27/h1-3,5-8,10-11,13-14,21-22,31H,4,9,12,15-20H2/t31-/m0/s1. The Kier molecular flexibility index (Phi) is 9.11. The van der Waals surface area contributed by atoms with E-state index < -0.39 is 21.9 Å². The molecule has 2 aliphatic heterocycles. The fraction of sp³-hybridized carbons (Fsp3) is 0.303. The van der Waals surface area contributed by atoms with Crippen LogP contribution in [0.25, 0.3) is 11.3 Å². The molecule has 1 atom stereocenters. The Bertz CT molecular complexity index is 1800. The lowest BCUT2D eigenvalue weighted by molar-refractivity contribution is -0.122. The molecule has 2 saturated heterocycles. The van der Waals surface area contributed by atoms with E-state index in [-0.39, 0.29) is 35.9 Å². The Morgan fingerprint density at radius 3 is 2.33 bits per heavy atom. The molecular formula is C33H32ClF2N5O3S. The van der Waals surface area contributed by atoms with Crippen LogP contribution >= 0.6 is 11.6 Å². The fourth-order valence-electron chi connectivity index (χ4n) is 5.91. The maximum Gasteiger partial charge on any atom is 0.243 e. The number of hydrogen-bond donors (Lipinski definition) is 0. The number of aryl methyl sites for hydroxylation is 1. The maximum absolute atomic E-state index is 14.4. The molecule has 0 bridgehead atoms. The smallest absolute Gasteiger partial charge is 0.243 e. The third kappa shape index (κ3) is 6.85. The number of ketones is 1. The first kappa shape index (κ1) is 31.1. The van der Waals surface area contributed by atoms with E-state index in [1.54, 1.807) is 18.2 Å². The number of sulfonamides is 1. The first-order chi connectivity index (χ1) is 21.7. The number of rotatable bonds is 9. The molecule has 3 heterocycles. The molecule has 6 rings (SSSR count). The van der Waals surface area contributed by atoms with Crippen LogP contribution < -0.4 is 9.80 Å². The van der Waals surface area contributed by atoms with E-state index in [4.69, 9.17) is 21.6 Å². The number of nitrogens with zero attached hydrogens (tertiary/aromatic N) is 5. The molecule has 0 unspecified atom stereocenters. The van der Waals surface area contributed by atoms with Crippen LogP contribution in [0.15, 0.2) is 83.8 Å². The van der Waals surface area contributed by atoms with Gasteiger partial charge in [-0.05, 0) is 73.9 Å². The summed E-state index contributed by atoms with van der Waals surface area (Å²) in [6.45, 7) is 2.54. The van der Waals surface area contributed by atoms with Crippen LogP contribution in [0.3, 0.4) is 0 Å². The van der Waals surface area contributed by atoms with Gasteiger partial charge in [0.25, 0.3) is 0 Å². The van der Waals surface area contributed by atoms with Gasteiger partial charge >= 0.3 is 0 Å². The molecule has 0 amide bonds. The van der Waals surface area contributed by atoms with Crippen LogP contribution in [0.2, 0.25) is 5.02 Å². The van der Waals surface area contributed by atoms with E-state index in [0.29, 0.717) is 67.1 Å². The molecular weight excluding hydrogens is 620 g/mol. The number of Topliss-reactive ketones (excluding diaryl/α,β-unsaturated/α-hetero) is 1. The highest BCUT2D eigenvalue weighted by atomic mass is 35.5. The highest BCUT2D eigenvalue weighted by Crippen LogP contribution is 2.29. The van der Waals surface area contributed by atoms with Crippen molar-refractivity contribution in [2.75, 3.05) is 42.5 Å². The minimum atomic E-state index is -3.95. The number of benzene rings is 3. The summed E-state index contributed by atoms with van der Waals surface area (Å²) in [5, 5.41) is 0.562. The summed E-state index contributed by atoms with van der Waals surface area (Å²) < 4.78 is 55.7. The number of anilines is 2. The van der Waals surface area contributed by atoms with Gasteiger partial charge in [-0.1, -0.05) is 35.9 Å². The second kappa shape index (κ2) is 13.2. The fourth-order valence-corrected chi connectivity index (χ4v) is 7.78. The van der Waals surface area contributed by atoms with Gasteiger partial charge in [0.05, 0.1) is 22.3 Å². The topological polar surface area (TPSA) is 86.7 Å². The van der Waals surface area contributed by atoms with E-state index in [1.807, 2.05) is 40.1 Å². The minimum absolute atomic E-state index is 0.0368. The average molecular weight is 652 g/mol. The van der Waals surface area contributed by atoms with Crippen molar-refractivity contribution in [3.05, 3.63) is 101 Å². The Balaban J connectivity index is 1.20. The second-order valence-electron chi connectivity index (χ2n) is 11.2. The molecule has 0 N–H and O–H groups in total. The number of piperazine rings is 1. The van der Waals surface area contributed by atoms with Crippen molar-refractivity contribution in [2.45, 2.75) is 36.6 Å². The van der Waals surface area contributed by atoms with Crippen molar-refractivity contribution < 1.29 is 22.0 Å². The van der Waals surface area contributed by atoms with E-state index >= 15 is 0 Å². The van der Waals surface area contributed by atoms with Crippen LogP contribution in [-0.2, 0) is 21.2 Å². The summed E-state index contributed by atoms with van der Waals surface area (Å²) in [4.78, 5) is 27.1. The third-order valence-electron chi connectivity index (χ3n) is 8.27. The molecule has 8 nitrogen and oxygen atoms in total. The van der Waals surface area contributed by atoms with Crippen molar-refractivity contribution in [1.82, 2.24) is 14.3 Å². The molecule has 0 radical (unpaired) electrons. The summed E-state index contributed by atoms with van der Waals surface area (Å²) >= 11 is 6.28. The quantitative estimate of drug-likeness (QED) is 0.228. The predicted molar refractivity (Wildman–Crippen MR) is 170 cm³/mol. The molecule has 12 heteroatoms. The van der Waals surface area contributed by atoms with E-state index in [9.17, 15) is 22.0 Å². The number of hydrogen-bond acceptors (Lipinski definition) is 7. The highest BCUT2D eigenvalue weighted by molar-refractivity contribution is 7.89. The normalized spacial score (nSPS) is 17.5. The Morgan fingerprint density at radius 2 is 1.60 bits per heavy atom. The first-order valence-electron chi connectivity index (χ1n) is 14.9. The number of para-hydroxylation sites is 1. The molecule has 0 saturated carbocycles. The lowest BCUT2D eigenvalue weighted by Crippen LogP contribution is -2.47. The lowest BCUT2D eigenvalue weighted by atomic mass is 10.0. The lowest BCUT2D eigenvalue weighted by Gasteiger charge is -2.36. The van der Waals surface area contributed by atoms with Crippen molar-refractivity contribution in [2.24, 2.45) is 0 Å². The van der Waals surface area contributed by atoms with E-state index in [0.717, 1.165) is 17.7 Å². The number of carbonyl (C=O) groups is 1. The van der Waals surface area contributed by atoms with Gasteiger partial charge in [0, 0.05) is 55.4 Å². The summed E-state index contributed by atoms with van der Waals surface area (Å²) in [6.07, 6.45) is 1.37. The van der Waals surface area contributed by atoms with Gasteiger partial charge < -0.3 is 9.80 Å². The number of aromatic nitrogens is 2. The molecule has 45 heavy (non-hydrogen) atoms. The zero-order chi connectivity index (χ0) is 31.6. The molecule has 4 aromatic rings. The molecule has 0 aliphatic carbocycles. The van der Waals surface area contributed by atoms with Crippen LogP contribution in [-0.4, -0.2) is 67.2 Å². The number of carbonyl (C=O) groups excluding carboxylic acids is 1. The molecule has 3 aromatic carbocycles. The van der Waals surface area contributed by atoms with Crippen molar-refractivity contribution in [3.8, 4) is 11.3 Å². The first-order valence-corrected chi connectivity index (χ1v) is 16.7. The Labute approximate surface area is 266 Å². The molecule has 2 fully saturated rings. The van der Waals surface area contributed by atoms with Crippen LogP contribution in [0, 0.1) is 11.6 Å². The molecule has 234 valence electrons. The zero-order valence-corrected chi connectivity index (χ0v) is 26.0. The van der Waals surface area contributed by atoms with Crippen LogP contribution in [0.4, 0.5) is 20.4 Å². The van der Waals surface area contributed by atoms with Crippen molar-refractivity contribution in [1.29, 1.82) is 0 Å². The monoisotopic (exact) mass is 651 g/mol. The van der Waals surface area contributed by atoms with Gasteiger partial charge in [-0.25, -0.2) is 27.2 Å². The summed E-state index contributed by atoms with van der Waals surface area (Å²) in [6, 6.07) is 19.7. The van der Waals surface area contributed by atoms with Gasteiger partial charge in [0.2, 0.25) is 16.0 Å². The van der Waals surface area contributed by atoms with E-state index in [2.05, 4.69) is 0 Å². The van der Waals surface area contributed by atoms with Crippen LogP contribution in [0.5, 0.6) is 0 Å². The van der Waals surface area contributed by atoms with Gasteiger partial charge in [0.1, 0.15) is 11.6 Å².